The second kappa shape index (κ2) is 13.5. The van der Waals surface area contributed by atoms with E-state index in [0.717, 1.165) is 25.5 Å². The predicted octanol–water partition coefficient (Wildman–Crippen LogP) is 2.92. The molecule has 0 aromatic carbocycles. The topological polar surface area (TPSA) is 78.4 Å². The highest BCUT2D eigenvalue weighted by Crippen LogP contribution is 2.14. The van der Waals surface area contributed by atoms with Gasteiger partial charge in [0.25, 0.3) is 5.91 Å². The highest BCUT2D eigenvalue weighted by atomic mass is 127. The number of pyridine rings is 1. The Morgan fingerprint density at radius 1 is 1.22 bits per heavy atom. The van der Waals surface area contributed by atoms with Crippen LogP contribution in [0.3, 0.4) is 0 Å². The summed E-state index contributed by atoms with van der Waals surface area (Å²) < 4.78 is 0. The molecular formula is C19H28IN5OS. The van der Waals surface area contributed by atoms with Crippen molar-refractivity contribution in [1.29, 1.82) is 0 Å². The first kappa shape index (κ1) is 23.4. The summed E-state index contributed by atoms with van der Waals surface area (Å²) in [5, 5.41) is 11.5. The molecule has 0 spiro atoms. The van der Waals surface area contributed by atoms with Gasteiger partial charge in [0.1, 0.15) is 0 Å². The number of carbonyl (C=O) groups excluding carboxylic acids is 1. The highest BCUT2D eigenvalue weighted by molar-refractivity contribution is 14.0. The number of rotatable bonds is 9. The van der Waals surface area contributed by atoms with Crippen molar-refractivity contribution >= 4 is 47.2 Å². The van der Waals surface area contributed by atoms with Gasteiger partial charge in [0.05, 0.1) is 5.56 Å². The summed E-state index contributed by atoms with van der Waals surface area (Å²) in [4.78, 5) is 21.9. The molecule has 0 fully saturated rings. The molecule has 2 heterocycles. The first-order chi connectivity index (χ1) is 12.7. The third-order valence-electron chi connectivity index (χ3n) is 3.66. The van der Waals surface area contributed by atoms with Crippen LogP contribution in [-0.2, 0) is 6.42 Å². The summed E-state index contributed by atoms with van der Waals surface area (Å²) in [5.74, 6) is 1.14. The minimum Gasteiger partial charge on any atom is -0.357 e. The predicted molar refractivity (Wildman–Crippen MR) is 123 cm³/mol. The summed E-state index contributed by atoms with van der Waals surface area (Å²) in [5.41, 5.74) is 0.565. The summed E-state index contributed by atoms with van der Waals surface area (Å²) >= 11 is 1.79. The second-order valence-electron chi connectivity index (χ2n) is 6.03. The van der Waals surface area contributed by atoms with Gasteiger partial charge < -0.3 is 16.0 Å². The van der Waals surface area contributed by atoms with E-state index in [1.54, 1.807) is 35.9 Å². The molecule has 148 valence electrons. The number of amides is 1. The highest BCUT2D eigenvalue weighted by Gasteiger charge is 2.06. The summed E-state index contributed by atoms with van der Waals surface area (Å²) in [6, 6.07) is 7.75. The van der Waals surface area contributed by atoms with E-state index in [2.05, 4.69) is 50.4 Å². The van der Waals surface area contributed by atoms with Crippen LogP contribution in [0, 0.1) is 5.92 Å². The first-order valence-electron chi connectivity index (χ1n) is 8.91. The van der Waals surface area contributed by atoms with Crippen LogP contribution in [0.4, 0.5) is 0 Å². The molecule has 0 aliphatic rings. The molecule has 2 rings (SSSR count). The molecule has 1 amide bonds. The molecule has 1 unspecified atom stereocenters. The van der Waals surface area contributed by atoms with Crippen LogP contribution in [0.25, 0.3) is 0 Å². The Balaban J connectivity index is 0.00000364. The van der Waals surface area contributed by atoms with E-state index >= 15 is 0 Å². The number of hydrogen-bond donors (Lipinski definition) is 3. The molecule has 0 aliphatic heterocycles. The van der Waals surface area contributed by atoms with Gasteiger partial charge in [-0.3, -0.25) is 14.8 Å². The van der Waals surface area contributed by atoms with E-state index < -0.39 is 0 Å². The number of hydrogen-bond acceptors (Lipinski definition) is 4. The Morgan fingerprint density at radius 3 is 2.70 bits per heavy atom. The van der Waals surface area contributed by atoms with Crippen LogP contribution in [0.15, 0.2) is 47.0 Å². The largest absolute Gasteiger partial charge is 0.357 e. The summed E-state index contributed by atoms with van der Waals surface area (Å²) in [7, 11) is 0. The zero-order valence-corrected chi connectivity index (χ0v) is 18.9. The van der Waals surface area contributed by atoms with Crippen LogP contribution in [-0.4, -0.2) is 43.0 Å². The Labute approximate surface area is 182 Å². The SMILES string of the molecule is CCNC(=NCC(C)Cc1cccs1)NCCNC(=O)c1cccnc1.I. The van der Waals surface area contributed by atoms with Crippen molar-refractivity contribution in [3.8, 4) is 0 Å². The average molecular weight is 501 g/mol. The van der Waals surface area contributed by atoms with Gasteiger partial charge in [-0.15, -0.1) is 35.3 Å². The normalized spacial score (nSPS) is 12.0. The van der Waals surface area contributed by atoms with Crippen molar-refractivity contribution in [3.63, 3.8) is 0 Å². The fraction of sp³-hybridized carbons (Fsp3) is 0.421. The molecule has 1 atom stereocenters. The quantitative estimate of drug-likeness (QED) is 0.214. The number of nitrogens with zero attached hydrogens (tertiary/aromatic N) is 2. The van der Waals surface area contributed by atoms with Gasteiger partial charge in [-0.05, 0) is 42.8 Å². The average Bonchev–Trinajstić information content (AvgIpc) is 3.16. The van der Waals surface area contributed by atoms with Gasteiger partial charge in [0.2, 0.25) is 0 Å². The van der Waals surface area contributed by atoms with Gasteiger partial charge >= 0.3 is 0 Å². The number of nitrogens with one attached hydrogen (secondary N) is 3. The third-order valence-corrected chi connectivity index (χ3v) is 4.56. The lowest BCUT2D eigenvalue weighted by atomic mass is 10.1. The van der Waals surface area contributed by atoms with Gasteiger partial charge in [0.15, 0.2) is 5.96 Å². The van der Waals surface area contributed by atoms with Gasteiger partial charge in [-0.2, -0.15) is 0 Å². The van der Waals surface area contributed by atoms with Gasteiger partial charge in [0, 0.05) is 43.4 Å². The molecule has 27 heavy (non-hydrogen) atoms. The van der Waals surface area contributed by atoms with E-state index in [4.69, 9.17) is 0 Å². The Bertz CT molecular complexity index is 679. The van der Waals surface area contributed by atoms with Crippen molar-refractivity contribution in [2.24, 2.45) is 10.9 Å². The van der Waals surface area contributed by atoms with Crippen LogP contribution in [0.1, 0.15) is 29.1 Å². The lowest BCUT2D eigenvalue weighted by molar-refractivity contribution is 0.0954. The van der Waals surface area contributed by atoms with Crippen molar-refractivity contribution in [1.82, 2.24) is 20.9 Å². The van der Waals surface area contributed by atoms with Crippen LogP contribution >= 0.6 is 35.3 Å². The Kier molecular flexibility index (Phi) is 11.7. The number of aliphatic imine (C=N–C) groups is 1. The molecule has 0 radical (unpaired) electrons. The number of aromatic nitrogens is 1. The van der Waals surface area contributed by atoms with Crippen LogP contribution < -0.4 is 16.0 Å². The molecule has 8 heteroatoms. The first-order valence-corrected chi connectivity index (χ1v) is 9.79. The molecule has 3 N–H and O–H groups in total. The Morgan fingerprint density at radius 2 is 2.04 bits per heavy atom. The maximum atomic E-state index is 12.0. The maximum Gasteiger partial charge on any atom is 0.252 e. The smallest absolute Gasteiger partial charge is 0.252 e. The number of thiophene rings is 1. The zero-order chi connectivity index (χ0) is 18.6. The van der Waals surface area contributed by atoms with E-state index in [1.807, 2.05) is 6.92 Å². The summed E-state index contributed by atoms with van der Waals surface area (Å²) in [6.07, 6.45) is 4.25. The summed E-state index contributed by atoms with van der Waals surface area (Å²) in [6.45, 7) is 6.93. The molecule has 0 saturated heterocycles. The van der Waals surface area contributed by atoms with E-state index in [-0.39, 0.29) is 29.9 Å². The third kappa shape index (κ3) is 9.18. The van der Waals surface area contributed by atoms with Crippen molar-refractivity contribution < 1.29 is 4.79 Å². The van der Waals surface area contributed by atoms with Crippen molar-refractivity contribution in [2.45, 2.75) is 20.3 Å². The molecule has 2 aromatic heterocycles. The van der Waals surface area contributed by atoms with Crippen LogP contribution in [0.5, 0.6) is 0 Å². The second-order valence-corrected chi connectivity index (χ2v) is 7.06. The van der Waals surface area contributed by atoms with E-state index in [9.17, 15) is 4.79 Å². The molecule has 2 aromatic rings. The lowest BCUT2D eigenvalue weighted by Crippen LogP contribution is -2.41. The zero-order valence-electron chi connectivity index (χ0n) is 15.8. The molecule has 6 nitrogen and oxygen atoms in total. The van der Waals surface area contributed by atoms with Crippen LogP contribution in [0.2, 0.25) is 0 Å². The van der Waals surface area contributed by atoms with Gasteiger partial charge in [-0.25, -0.2) is 0 Å². The maximum absolute atomic E-state index is 12.0. The number of guanidine groups is 1. The Hall–Kier alpha value is -1.68. The minimum atomic E-state index is -0.119. The fourth-order valence-electron chi connectivity index (χ4n) is 2.38. The van der Waals surface area contributed by atoms with Crippen molar-refractivity contribution in [3.05, 3.63) is 52.5 Å². The fourth-order valence-corrected chi connectivity index (χ4v) is 3.25. The molecule has 0 saturated carbocycles. The molecular weight excluding hydrogens is 473 g/mol. The van der Waals surface area contributed by atoms with E-state index in [0.29, 0.717) is 24.6 Å². The minimum absolute atomic E-state index is 0. The lowest BCUT2D eigenvalue weighted by Gasteiger charge is -2.13. The molecule has 0 bridgehead atoms. The monoisotopic (exact) mass is 501 g/mol. The number of carbonyl (C=O) groups is 1. The van der Waals surface area contributed by atoms with E-state index in [1.165, 1.54) is 4.88 Å². The standard InChI is InChI=1S/C19H27N5OS.HI/c1-3-21-19(24-13-15(2)12-17-7-5-11-26-17)23-10-9-22-18(25)16-6-4-8-20-14-16;/h4-8,11,14-15H,3,9-10,12-13H2,1-2H3,(H,22,25)(H2,21,23,24);1H. The molecule has 0 aliphatic carbocycles. The number of halogens is 1. The van der Waals surface area contributed by atoms with Gasteiger partial charge in [-0.1, -0.05) is 13.0 Å². The van der Waals surface area contributed by atoms with Crippen molar-refractivity contribution in [2.75, 3.05) is 26.2 Å².